The van der Waals surface area contributed by atoms with Crippen LogP contribution in [0.1, 0.15) is 24.1 Å². The molecular weight excluding hydrogens is 270 g/mol. The second-order valence-electron chi connectivity index (χ2n) is 4.31. The summed E-state index contributed by atoms with van der Waals surface area (Å²) in [5.74, 6) is -4.61. The molecule has 5 heteroatoms. The van der Waals surface area contributed by atoms with E-state index in [1.165, 1.54) is 18.2 Å². The van der Waals surface area contributed by atoms with Crippen LogP contribution < -0.4 is 5.32 Å². The molecule has 2 aromatic rings. The van der Waals surface area contributed by atoms with Crippen LogP contribution in [0.3, 0.4) is 0 Å². The largest absolute Gasteiger partial charge is 0.306 e. The minimum atomic E-state index is -1.53. The fraction of sp³-hybridized carbons (Fsp3) is 0.200. The summed E-state index contributed by atoms with van der Waals surface area (Å²) in [6.07, 6.45) is 0. The predicted molar refractivity (Wildman–Crippen MR) is 68.2 cm³/mol. The van der Waals surface area contributed by atoms with Crippen molar-refractivity contribution in [3.63, 3.8) is 0 Å². The summed E-state index contributed by atoms with van der Waals surface area (Å²) in [4.78, 5) is 0. The molecule has 2 aromatic carbocycles. The Kier molecular flexibility index (Phi) is 4.39. The molecule has 1 unspecified atom stereocenters. The van der Waals surface area contributed by atoms with E-state index >= 15 is 0 Å². The molecule has 0 amide bonds. The van der Waals surface area contributed by atoms with E-state index in [2.05, 4.69) is 5.32 Å². The second-order valence-corrected chi connectivity index (χ2v) is 4.31. The highest BCUT2D eigenvalue weighted by Gasteiger charge is 2.20. The zero-order valence-electron chi connectivity index (χ0n) is 10.8. The van der Waals surface area contributed by atoms with Gasteiger partial charge >= 0.3 is 0 Å². The summed E-state index contributed by atoms with van der Waals surface area (Å²) in [7, 11) is 0. The molecule has 0 aliphatic heterocycles. The van der Waals surface area contributed by atoms with Crippen molar-refractivity contribution in [2.75, 3.05) is 6.54 Å². The van der Waals surface area contributed by atoms with Crippen LogP contribution >= 0.6 is 0 Å². The third kappa shape index (κ3) is 2.82. The highest BCUT2D eigenvalue weighted by atomic mass is 19.2. The third-order valence-electron chi connectivity index (χ3n) is 2.96. The van der Waals surface area contributed by atoms with Crippen molar-refractivity contribution in [2.45, 2.75) is 13.0 Å². The SMILES string of the molecule is CCNC(c1cc(F)c(F)c(F)c1)c1ccccc1F. The van der Waals surface area contributed by atoms with E-state index < -0.39 is 29.3 Å². The monoisotopic (exact) mass is 283 g/mol. The maximum absolute atomic E-state index is 13.8. The molecule has 0 saturated carbocycles. The maximum atomic E-state index is 13.8. The quantitative estimate of drug-likeness (QED) is 0.662. The number of benzene rings is 2. The first-order chi connectivity index (χ1) is 9.54. The molecule has 0 bridgehead atoms. The van der Waals surface area contributed by atoms with E-state index in [-0.39, 0.29) is 11.1 Å². The third-order valence-corrected chi connectivity index (χ3v) is 2.96. The standard InChI is InChI=1S/C15H13F4N/c1-2-20-15(10-5-3-4-6-11(10)16)9-7-12(17)14(19)13(18)8-9/h3-8,15,20H,2H2,1H3. The average Bonchev–Trinajstić information content (AvgIpc) is 2.43. The van der Waals surface area contributed by atoms with Gasteiger partial charge in [0.05, 0.1) is 6.04 Å². The molecule has 0 aliphatic rings. The van der Waals surface area contributed by atoms with Crippen molar-refractivity contribution in [3.8, 4) is 0 Å². The lowest BCUT2D eigenvalue weighted by molar-refractivity contribution is 0.442. The van der Waals surface area contributed by atoms with E-state index in [9.17, 15) is 17.6 Å². The predicted octanol–water partition coefficient (Wildman–Crippen LogP) is 3.94. The van der Waals surface area contributed by atoms with E-state index in [1.54, 1.807) is 13.0 Å². The fourth-order valence-electron chi connectivity index (χ4n) is 2.06. The Labute approximate surface area is 114 Å². The molecule has 0 aromatic heterocycles. The molecule has 1 nitrogen and oxygen atoms in total. The van der Waals surface area contributed by atoms with Crippen molar-refractivity contribution < 1.29 is 17.6 Å². The average molecular weight is 283 g/mol. The number of rotatable bonds is 4. The minimum absolute atomic E-state index is 0.133. The van der Waals surface area contributed by atoms with Crippen molar-refractivity contribution in [1.82, 2.24) is 5.32 Å². The first-order valence-corrected chi connectivity index (χ1v) is 6.16. The number of hydrogen-bond acceptors (Lipinski definition) is 1. The molecule has 2 rings (SSSR count). The fourth-order valence-corrected chi connectivity index (χ4v) is 2.06. The molecule has 0 spiro atoms. The molecule has 0 radical (unpaired) electrons. The van der Waals surface area contributed by atoms with Gasteiger partial charge in [-0.15, -0.1) is 0 Å². The van der Waals surface area contributed by atoms with E-state index in [1.807, 2.05) is 0 Å². The van der Waals surface area contributed by atoms with Gasteiger partial charge in [0.2, 0.25) is 0 Å². The Hall–Kier alpha value is -1.88. The number of nitrogens with one attached hydrogen (secondary N) is 1. The zero-order chi connectivity index (χ0) is 14.7. The molecular formula is C15H13F4N. The molecule has 20 heavy (non-hydrogen) atoms. The van der Waals surface area contributed by atoms with E-state index in [0.29, 0.717) is 6.54 Å². The van der Waals surface area contributed by atoms with Gasteiger partial charge < -0.3 is 5.32 Å². The Morgan fingerprint density at radius 3 is 2.10 bits per heavy atom. The first-order valence-electron chi connectivity index (χ1n) is 6.16. The summed E-state index contributed by atoms with van der Waals surface area (Å²) in [6, 6.07) is 6.92. The van der Waals surface area contributed by atoms with Crippen LogP contribution in [0.25, 0.3) is 0 Å². The lowest BCUT2D eigenvalue weighted by Gasteiger charge is -2.20. The number of halogens is 4. The van der Waals surface area contributed by atoms with Crippen molar-refractivity contribution in [3.05, 3.63) is 70.8 Å². The molecule has 0 fully saturated rings. The Morgan fingerprint density at radius 2 is 1.55 bits per heavy atom. The summed E-state index contributed by atoms with van der Waals surface area (Å²) >= 11 is 0. The van der Waals surface area contributed by atoms with Gasteiger partial charge in [-0.1, -0.05) is 25.1 Å². The van der Waals surface area contributed by atoms with Gasteiger partial charge in [-0.3, -0.25) is 0 Å². The summed E-state index contributed by atoms with van der Waals surface area (Å²) in [6.45, 7) is 2.24. The van der Waals surface area contributed by atoms with Crippen LogP contribution in [-0.4, -0.2) is 6.54 Å². The summed E-state index contributed by atoms with van der Waals surface area (Å²) in [5, 5.41) is 2.93. The first kappa shape index (κ1) is 14.5. The van der Waals surface area contributed by atoms with E-state index in [4.69, 9.17) is 0 Å². The van der Waals surface area contributed by atoms with Gasteiger partial charge in [0.1, 0.15) is 5.82 Å². The van der Waals surface area contributed by atoms with Gasteiger partial charge in [0.15, 0.2) is 17.5 Å². The van der Waals surface area contributed by atoms with Crippen molar-refractivity contribution >= 4 is 0 Å². The lowest BCUT2D eigenvalue weighted by Crippen LogP contribution is -2.23. The van der Waals surface area contributed by atoms with Crippen LogP contribution in [0.4, 0.5) is 17.6 Å². The Morgan fingerprint density at radius 1 is 0.950 bits per heavy atom. The maximum Gasteiger partial charge on any atom is 0.194 e. The second kappa shape index (κ2) is 6.05. The van der Waals surface area contributed by atoms with Crippen LogP contribution in [-0.2, 0) is 0 Å². The van der Waals surface area contributed by atoms with Crippen LogP contribution in [0, 0.1) is 23.3 Å². The van der Waals surface area contributed by atoms with Gasteiger partial charge in [-0.05, 0) is 30.3 Å². The zero-order valence-corrected chi connectivity index (χ0v) is 10.8. The van der Waals surface area contributed by atoms with Crippen LogP contribution in [0.5, 0.6) is 0 Å². The van der Waals surface area contributed by atoms with Gasteiger partial charge in [0.25, 0.3) is 0 Å². The Bertz CT molecular complexity index is 590. The lowest BCUT2D eigenvalue weighted by atomic mass is 9.97. The van der Waals surface area contributed by atoms with Gasteiger partial charge in [-0.25, -0.2) is 17.6 Å². The van der Waals surface area contributed by atoms with Crippen LogP contribution in [0.15, 0.2) is 36.4 Å². The van der Waals surface area contributed by atoms with Crippen molar-refractivity contribution in [2.24, 2.45) is 0 Å². The van der Waals surface area contributed by atoms with Gasteiger partial charge in [0, 0.05) is 5.56 Å². The normalized spacial score (nSPS) is 12.4. The van der Waals surface area contributed by atoms with E-state index in [0.717, 1.165) is 12.1 Å². The molecule has 0 aliphatic carbocycles. The molecule has 106 valence electrons. The summed E-state index contributed by atoms with van der Waals surface area (Å²) in [5.41, 5.74) is 0.383. The molecule has 0 saturated heterocycles. The highest BCUT2D eigenvalue weighted by Crippen LogP contribution is 2.26. The van der Waals surface area contributed by atoms with Gasteiger partial charge in [-0.2, -0.15) is 0 Å². The highest BCUT2D eigenvalue weighted by molar-refractivity contribution is 5.33. The smallest absolute Gasteiger partial charge is 0.194 e. The minimum Gasteiger partial charge on any atom is -0.306 e. The molecule has 1 atom stereocenters. The number of hydrogen-bond donors (Lipinski definition) is 1. The van der Waals surface area contributed by atoms with Crippen molar-refractivity contribution in [1.29, 1.82) is 0 Å². The molecule has 1 N–H and O–H groups in total. The molecule has 0 heterocycles. The van der Waals surface area contributed by atoms with Crippen LogP contribution in [0.2, 0.25) is 0 Å². The Balaban J connectivity index is 2.52. The topological polar surface area (TPSA) is 12.0 Å². The summed E-state index contributed by atoms with van der Waals surface area (Å²) < 4.78 is 53.5.